The van der Waals surface area contributed by atoms with Crippen molar-refractivity contribution in [2.45, 2.75) is 51.7 Å². The van der Waals surface area contributed by atoms with Crippen molar-refractivity contribution in [2.24, 2.45) is 0 Å². The van der Waals surface area contributed by atoms with Gasteiger partial charge in [0, 0.05) is 5.56 Å². The van der Waals surface area contributed by atoms with Crippen molar-refractivity contribution in [3.05, 3.63) is 89.0 Å². The van der Waals surface area contributed by atoms with Crippen LogP contribution < -0.4 is 4.74 Å². The van der Waals surface area contributed by atoms with E-state index in [1.807, 2.05) is 38.1 Å². The number of fused-ring (bicyclic) bond motifs is 1. The smallest absolute Gasteiger partial charge is 0.242 e. The van der Waals surface area contributed by atoms with Crippen molar-refractivity contribution >= 4 is 5.78 Å². The highest BCUT2D eigenvalue weighted by atomic mass is 16.6. The lowest BCUT2D eigenvalue weighted by atomic mass is 9.88. The average molecular weight is 376 g/mol. The fourth-order valence-electron chi connectivity index (χ4n) is 3.50. The Hall–Kier alpha value is -2.65. The Bertz CT molecular complexity index is 911. The molecule has 0 saturated heterocycles. The number of ketones is 1. The van der Waals surface area contributed by atoms with E-state index in [0.717, 1.165) is 48.0 Å². The minimum Gasteiger partial charge on any atom is -0.457 e. The first-order valence-corrected chi connectivity index (χ1v) is 9.73. The van der Waals surface area contributed by atoms with Gasteiger partial charge in [0.1, 0.15) is 5.75 Å². The van der Waals surface area contributed by atoms with Gasteiger partial charge in [-0.05, 0) is 56.7 Å². The van der Waals surface area contributed by atoms with Crippen LogP contribution in [0.3, 0.4) is 0 Å². The molecule has 3 heteroatoms. The lowest BCUT2D eigenvalue weighted by Gasteiger charge is -2.35. The molecule has 0 spiro atoms. The predicted molar refractivity (Wildman–Crippen MR) is 113 cm³/mol. The van der Waals surface area contributed by atoms with Crippen LogP contribution in [-0.4, -0.2) is 10.9 Å². The molecule has 0 bridgehead atoms. The maximum Gasteiger partial charge on any atom is 0.242 e. The molecular weight excluding hydrogens is 348 g/mol. The third-order valence-electron chi connectivity index (χ3n) is 5.08. The van der Waals surface area contributed by atoms with E-state index in [0.29, 0.717) is 16.9 Å². The zero-order valence-corrected chi connectivity index (χ0v) is 16.8. The normalized spacial score (nSPS) is 18.3. The largest absolute Gasteiger partial charge is 0.457 e. The van der Waals surface area contributed by atoms with Crippen LogP contribution >= 0.6 is 0 Å². The van der Waals surface area contributed by atoms with Crippen molar-refractivity contribution in [3.8, 4) is 5.75 Å². The monoisotopic (exact) mass is 376 g/mol. The number of aliphatic hydroxyl groups is 1. The molecule has 0 radical (unpaired) electrons. The first-order chi connectivity index (χ1) is 13.3. The molecular formula is C25H28O3. The second-order valence-corrected chi connectivity index (χ2v) is 7.90. The zero-order chi connectivity index (χ0) is 20.3. The molecule has 146 valence electrons. The molecule has 28 heavy (non-hydrogen) atoms. The number of ether oxygens (including phenoxy) is 1. The molecule has 0 fully saturated rings. The quantitative estimate of drug-likeness (QED) is 0.648. The lowest BCUT2D eigenvalue weighted by Crippen LogP contribution is -2.39. The maximum atomic E-state index is 13.0. The minimum absolute atomic E-state index is 0.0894. The average Bonchev–Trinajstić information content (AvgIpc) is 2.65. The molecule has 1 aliphatic rings. The van der Waals surface area contributed by atoms with Crippen molar-refractivity contribution in [1.29, 1.82) is 0 Å². The Morgan fingerprint density at radius 3 is 2.36 bits per heavy atom. The van der Waals surface area contributed by atoms with Gasteiger partial charge in [0.15, 0.2) is 5.78 Å². The molecule has 0 aliphatic carbocycles. The van der Waals surface area contributed by atoms with Gasteiger partial charge in [0.25, 0.3) is 0 Å². The topological polar surface area (TPSA) is 46.5 Å². The standard InChI is InChI=1S/C25H28O3/c1-17(2)10-12-19-14-20(13-11-18(3)4)24-22(15-19)23(26)16-25(27,28-24)21-8-6-5-7-9-21/h5-9,14-15,27H,1,3,10-13,16H2,2,4H3. The van der Waals surface area contributed by atoms with Gasteiger partial charge in [-0.2, -0.15) is 0 Å². The van der Waals surface area contributed by atoms with E-state index in [2.05, 4.69) is 19.2 Å². The second-order valence-electron chi connectivity index (χ2n) is 7.90. The summed E-state index contributed by atoms with van der Waals surface area (Å²) in [6, 6.07) is 13.1. The van der Waals surface area contributed by atoms with E-state index in [4.69, 9.17) is 4.74 Å². The maximum absolute atomic E-state index is 13.0. The molecule has 1 unspecified atom stereocenters. The van der Waals surface area contributed by atoms with Crippen LogP contribution in [0, 0.1) is 0 Å². The van der Waals surface area contributed by atoms with Crippen molar-refractivity contribution in [1.82, 2.24) is 0 Å². The summed E-state index contributed by atoms with van der Waals surface area (Å²) in [6.45, 7) is 12.0. The van der Waals surface area contributed by atoms with Crippen molar-refractivity contribution in [2.75, 3.05) is 0 Å². The van der Waals surface area contributed by atoms with E-state index in [1.54, 1.807) is 12.1 Å². The molecule has 1 heterocycles. The van der Waals surface area contributed by atoms with Gasteiger partial charge in [0.05, 0.1) is 12.0 Å². The van der Waals surface area contributed by atoms with Gasteiger partial charge in [-0.15, -0.1) is 13.2 Å². The first-order valence-electron chi connectivity index (χ1n) is 9.73. The number of Topliss-reactive ketones (excluding diaryl/α,β-unsaturated/α-hetero) is 1. The number of hydrogen-bond donors (Lipinski definition) is 1. The van der Waals surface area contributed by atoms with Gasteiger partial charge in [-0.3, -0.25) is 4.79 Å². The van der Waals surface area contributed by atoms with E-state index in [-0.39, 0.29) is 12.2 Å². The summed E-state index contributed by atoms with van der Waals surface area (Å²) in [5.41, 5.74) is 5.38. The fourth-order valence-corrected chi connectivity index (χ4v) is 3.50. The Balaban J connectivity index is 2.03. The molecule has 1 N–H and O–H groups in total. The molecule has 1 atom stereocenters. The van der Waals surface area contributed by atoms with Crippen LogP contribution in [-0.2, 0) is 18.6 Å². The van der Waals surface area contributed by atoms with E-state index >= 15 is 0 Å². The third kappa shape index (κ3) is 4.42. The van der Waals surface area contributed by atoms with E-state index < -0.39 is 5.79 Å². The van der Waals surface area contributed by atoms with Crippen LogP contribution in [0.5, 0.6) is 5.75 Å². The van der Waals surface area contributed by atoms with Crippen molar-refractivity contribution in [3.63, 3.8) is 0 Å². The SMILES string of the molecule is C=C(C)CCc1cc(CCC(=C)C)c2c(c1)C(=O)CC(O)(c1ccccc1)O2. The van der Waals surface area contributed by atoms with Gasteiger partial charge in [0.2, 0.25) is 5.79 Å². The summed E-state index contributed by atoms with van der Waals surface area (Å²) >= 11 is 0. The lowest BCUT2D eigenvalue weighted by molar-refractivity contribution is -0.147. The Morgan fingerprint density at radius 1 is 1.07 bits per heavy atom. The summed E-state index contributed by atoms with van der Waals surface area (Å²) in [5.74, 6) is -1.23. The second kappa shape index (κ2) is 8.15. The highest BCUT2D eigenvalue weighted by Crippen LogP contribution is 2.41. The van der Waals surface area contributed by atoms with Crippen LogP contribution in [0.2, 0.25) is 0 Å². The summed E-state index contributed by atoms with van der Waals surface area (Å²) in [7, 11) is 0. The number of aryl methyl sites for hydroxylation is 2. The van der Waals surface area contributed by atoms with Crippen LogP contribution in [0.4, 0.5) is 0 Å². The molecule has 2 aromatic rings. The molecule has 0 amide bonds. The van der Waals surface area contributed by atoms with Gasteiger partial charge >= 0.3 is 0 Å². The summed E-state index contributed by atoms with van der Waals surface area (Å²) in [5, 5.41) is 11.1. The molecule has 2 aromatic carbocycles. The van der Waals surface area contributed by atoms with Gasteiger partial charge in [-0.1, -0.05) is 47.5 Å². The summed E-state index contributed by atoms with van der Waals surface area (Å²) < 4.78 is 6.11. The van der Waals surface area contributed by atoms with Crippen LogP contribution in [0.1, 0.15) is 60.2 Å². The highest BCUT2D eigenvalue weighted by Gasteiger charge is 2.41. The number of carbonyl (C=O) groups is 1. The number of allylic oxidation sites excluding steroid dienone is 2. The molecule has 3 nitrogen and oxygen atoms in total. The van der Waals surface area contributed by atoms with E-state index in [1.165, 1.54) is 0 Å². The molecule has 0 saturated carbocycles. The minimum atomic E-state index is -1.64. The fraction of sp³-hybridized carbons (Fsp3) is 0.320. The number of hydrogen-bond acceptors (Lipinski definition) is 3. The number of benzene rings is 2. The van der Waals surface area contributed by atoms with Crippen LogP contribution in [0.25, 0.3) is 0 Å². The zero-order valence-electron chi connectivity index (χ0n) is 16.8. The first kappa shape index (κ1) is 20.1. The highest BCUT2D eigenvalue weighted by molar-refractivity contribution is 6.01. The summed E-state index contributed by atoms with van der Waals surface area (Å²) in [4.78, 5) is 13.0. The van der Waals surface area contributed by atoms with Gasteiger partial charge in [-0.25, -0.2) is 0 Å². The van der Waals surface area contributed by atoms with Crippen LogP contribution in [0.15, 0.2) is 66.8 Å². The molecule has 0 aromatic heterocycles. The van der Waals surface area contributed by atoms with Crippen molar-refractivity contribution < 1.29 is 14.6 Å². The Kier molecular flexibility index (Phi) is 5.85. The van der Waals surface area contributed by atoms with E-state index in [9.17, 15) is 9.90 Å². The molecule has 3 rings (SSSR count). The Labute approximate surface area is 167 Å². The molecule has 1 aliphatic heterocycles. The summed E-state index contributed by atoms with van der Waals surface area (Å²) in [6.07, 6.45) is 3.14. The third-order valence-corrected chi connectivity index (χ3v) is 5.08. The Morgan fingerprint density at radius 2 is 1.71 bits per heavy atom. The number of carbonyl (C=O) groups excluding carboxylic acids is 1. The number of rotatable bonds is 7. The van der Waals surface area contributed by atoms with Gasteiger partial charge < -0.3 is 9.84 Å². The predicted octanol–water partition coefficient (Wildman–Crippen LogP) is 5.51.